The summed E-state index contributed by atoms with van der Waals surface area (Å²) in [5.41, 5.74) is 0. The second kappa shape index (κ2) is 5.39. The molecule has 1 heterocycles. The Morgan fingerprint density at radius 1 is 1.44 bits per heavy atom. The molecule has 1 atom stereocenters. The molecule has 6 nitrogen and oxygen atoms in total. The zero-order chi connectivity index (χ0) is 12.1. The van der Waals surface area contributed by atoms with E-state index < -0.39 is 6.04 Å². The number of rotatable bonds is 5. The first kappa shape index (κ1) is 12.4. The van der Waals surface area contributed by atoms with E-state index in [0.717, 1.165) is 0 Å². The summed E-state index contributed by atoms with van der Waals surface area (Å²) in [7, 11) is 0. The van der Waals surface area contributed by atoms with Gasteiger partial charge in [-0.05, 0) is 12.8 Å². The lowest BCUT2D eigenvalue weighted by Crippen LogP contribution is -2.44. The molecular formula is C10H16N4O2. The van der Waals surface area contributed by atoms with E-state index in [-0.39, 0.29) is 24.2 Å². The van der Waals surface area contributed by atoms with Crippen LogP contribution in [0.1, 0.15) is 20.8 Å². The Morgan fingerprint density at radius 3 is 2.56 bits per heavy atom. The standard InChI is InChI=1S/C10H16N4O2/c1-7(2)10(8(3)15)13-9(16)4-14-6-11-5-12-14/h5-7,10H,4H2,1-3H3,(H,13,16). The highest BCUT2D eigenvalue weighted by atomic mass is 16.2. The highest BCUT2D eigenvalue weighted by Crippen LogP contribution is 2.02. The third kappa shape index (κ3) is 3.45. The third-order valence-corrected chi connectivity index (χ3v) is 2.19. The molecule has 0 aliphatic rings. The molecule has 1 aromatic rings. The molecule has 0 saturated heterocycles. The van der Waals surface area contributed by atoms with Gasteiger partial charge in [-0.15, -0.1) is 0 Å². The Balaban J connectivity index is 2.52. The van der Waals surface area contributed by atoms with Crippen LogP contribution in [0.5, 0.6) is 0 Å². The van der Waals surface area contributed by atoms with Crippen molar-refractivity contribution >= 4 is 11.7 Å². The van der Waals surface area contributed by atoms with Gasteiger partial charge in [0.1, 0.15) is 19.2 Å². The number of nitrogens with zero attached hydrogens (tertiary/aromatic N) is 3. The minimum atomic E-state index is -0.434. The Labute approximate surface area is 94.1 Å². The van der Waals surface area contributed by atoms with Gasteiger partial charge in [-0.2, -0.15) is 5.10 Å². The van der Waals surface area contributed by atoms with Crippen molar-refractivity contribution in [2.45, 2.75) is 33.4 Å². The van der Waals surface area contributed by atoms with Crippen molar-refractivity contribution in [1.29, 1.82) is 0 Å². The summed E-state index contributed by atoms with van der Waals surface area (Å²) < 4.78 is 1.41. The summed E-state index contributed by atoms with van der Waals surface area (Å²) in [4.78, 5) is 26.6. The lowest BCUT2D eigenvalue weighted by atomic mass is 10.0. The zero-order valence-corrected chi connectivity index (χ0v) is 9.67. The van der Waals surface area contributed by atoms with Crippen LogP contribution in [0.2, 0.25) is 0 Å². The molecule has 0 aliphatic heterocycles. The molecular weight excluding hydrogens is 208 g/mol. The number of hydrogen-bond donors (Lipinski definition) is 1. The highest BCUT2D eigenvalue weighted by molar-refractivity contribution is 5.87. The van der Waals surface area contributed by atoms with Gasteiger partial charge < -0.3 is 5.32 Å². The van der Waals surface area contributed by atoms with E-state index in [1.807, 2.05) is 13.8 Å². The van der Waals surface area contributed by atoms with Crippen molar-refractivity contribution in [1.82, 2.24) is 20.1 Å². The molecule has 0 aliphatic carbocycles. The van der Waals surface area contributed by atoms with Crippen LogP contribution in [0.4, 0.5) is 0 Å². The van der Waals surface area contributed by atoms with E-state index in [9.17, 15) is 9.59 Å². The van der Waals surface area contributed by atoms with Gasteiger partial charge in [-0.1, -0.05) is 13.8 Å². The maximum absolute atomic E-state index is 11.6. The summed E-state index contributed by atoms with van der Waals surface area (Å²) in [6, 6.07) is -0.434. The van der Waals surface area contributed by atoms with E-state index in [1.165, 1.54) is 24.3 Å². The maximum Gasteiger partial charge on any atom is 0.242 e. The number of amides is 1. The van der Waals surface area contributed by atoms with Gasteiger partial charge in [-0.25, -0.2) is 9.67 Å². The van der Waals surface area contributed by atoms with E-state index >= 15 is 0 Å². The Hall–Kier alpha value is -1.72. The quantitative estimate of drug-likeness (QED) is 0.764. The molecule has 6 heteroatoms. The summed E-state index contributed by atoms with van der Waals surface area (Å²) >= 11 is 0. The van der Waals surface area contributed by atoms with Gasteiger partial charge in [-0.3, -0.25) is 9.59 Å². The molecule has 1 amide bonds. The molecule has 1 unspecified atom stereocenters. The van der Waals surface area contributed by atoms with Crippen LogP contribution in [0.15, 0.2) is 12.7 Å². The van der Waals surface area contributed by atoms with Crippen molar-refractivity contribution in [3.63, 3.8) is 0 Å². The molecule has 1 aromatic heterocycles. The number of carbonyl (C=O) groups excluding carboxylic acids is 2. The molecule has 0 spiro atoms. The number of Topliss-reactive ketones (excluding diaryl/α,β-unsaturated/α-hetero) is 1. The van der Waals surface area contributed by atoms with Gasteiger partial charge in [0.05, 0.1) is 6.04 Å². The number of aromatic nitrogens is 3. The fourth-order valence-electron chi connectivity index (χ4n) is 1.42. The molecule has 16 heavy (non-hydrogen) atoms. The van der Waals surface area contributed by atoms with E-state index in [1.54, 1.807) is 0 Å². The third-order valence-electron chi connectivity index (χ3n) is 2.19. The summed E-state index contributed by atoms with van der Waals surface area (Å²) in [6.07, 6.45) is 2.82. The minimum Gasteiger partial charge on any atom is -0.344 e. The fraction of sp³-hybridized carbons (Fsp3) is 0.600. The monoisotopic (exact) mass is 224 g/mol. The first-order valence-electron chi connectivity index (χ1n) is 5.13. The minimum absolute atomic E-state index is 0.0399. The highest BCUT2D eigenvalue weighted by Gasteiger charge is 2.20. The van der Waals surface area contributed by atoms with Crippen LogP contribution < -0.4 is 5.32 Å². The van der Waals surface area contributed by atoms with E-state index in [4.69, 9.17) is 0 Å². The second-order valence-corrected chi connectivity index (χ2v) is 3.99. The average Bonchev–Trinajstić information content (AvgIpc) is 2.65. The molecule has 0 aromatic carbocycles. The summed E-state index contributed by atoms with van der Waals surface area (Å²) in [5.74, 6) is -0.196. The van der Waals surface area contributed by atoms with E-state index in [0.29, 0.717) is 0 Å². The van der Waals surface area contributed by atoms with Crippen molar-refractivity contribution in [2.24, 2.45) is 5.92 Å². The van der Waals surface area contributed by atoms with Crippen molar-refractivity contribution in [3.8, 4) is 0 Å². The van der Waals surface area contributed by atoms with Crippen LogP contribution in [0, 0.1) is 5.92 Å². The fourth-order valence-corrected chi connectivity index (χ4v) is 1.42. The maximum atomic E-state index is 11.6. The van der Waals surface area contributed by atoms with Gasteiger partial charge in [0.15, 0.2) is 5.78 Å². The normalized spacial score (nSPS) is 12.5. The van der Waals surface area contributed by atoms with Crippen molar-refractivity contribution in [3.05, 3.63) is 12.7 Å². The number of ketones is 1. The Morgan fingerprint density at radius 2 is 2.12 bits per heavy atom. The molecule has 0 fully saturated rings. The molecule has 1 rings (SSSR count). The second-order valence-electron chi connectivity index (χ2n) is 3.99. The van der Waals surface area contributed by atoms with Gasteiger partial charge in [0, 0.05) is 0 Å². The summed E-state index contributed by atoms with van der Waals surface area (Å²) in [5, 5.41) is 6.49. The number of hydrogen-bond acceptors (Lipinski definition) is 4. The van der Waals surface area contributed by atoms with Crippen LogP contribution in [0.3, 0.4) is 0 Å². The lowest BCUT2D eigenvalue weighted by Gasteiger charge is -2.19. The van der Waals surface area contributed by atoms with Crippen LogP contribution in [-0.4, -0.2) is 32.5 Å². The van der Waals surface area contributed by atoms with Crippen LogP contribution in [-0.2, 0) is 16.1 Å². The first-order valence-corrected chi connectivity index (χ1v) is 5.13. The Kier molecular flexibility index (Phi) is 4.16. The predicted molar refractivity (Wildman–Crippen MR) is 57.5 cm³/mol. The number of carbonyl (C=O) groups is 2. The van der Waals surface area contributed by atoms with Crippen LogP contribution in [0.25, 0.3) is 0 Å². The number of nitrogens with one attached hydrogen (secondary N) is 1. The Bertz CT molecular complexity index is 359. The van der Waals surface area contributed by atoms with Crippen molar-refractivity contribution in [2.75, 3.05) is 0 Å². The van der Waals surface area contributed by atoms with Crippen molar-refractivity contribution < 1.29 is 9.59 Å². The average molecular weight is 224 g/mol. The van der Waals surface area contributed by atoms with Gasteiger partial charge >= 0.3 is 0 Å². The van der Waals surface area contributed by atoms with Gasteiger partial charge in [0.25, 0.3) is 0 Å². The predicted octanol–water partition coefficient (Wildman–Crippen LogP) is 0.00790. The zero-order valence-electron chi connectivity index (χ0n) is 9.67. The largest absolute Gasteiger partial charge is 0.344 e. The first-order chi connectivity index (χ1) is 7.50. The molecule has 0 bridgehead atoms. The van der Waals surface area contributed by atoms with E-state index in [2.05, 4.69) is 15.4 Å². The van der Waals surface area contributed by atoms with Crippen LogP contribution >= 0.6 is 0 Å². The lowest BCUT2D eigenvalue weighted by molar-refractivity contribution is -0.128. The summed E-state index contributed by atoms with van der Waals surface area (Å²) in [6.45, 7) is 5.33. The molecule has 0 radical (unpaired) electrons. The SMILES string of the molecule is CC(=O)C(NC(=O)Cn1cncn1)C(C)C. The smallest absolute Gasteiger partial charge is 0.242 e. The topological polar surface area (TPSA) is 76.9 Å². The molecule has 88 valence electrons. The molecule has 1 N–H and O–H groups in total. The van der Waals surface area contributed by atoms with Gasteiger partial charge in [0.2, 0.25) is 5.91 Å². The molecule has 0 saturated carbocycles.